The number of carboxylic acid groups (broad SMARTS) is 2. The second-order valence-corrected chi connectivity index (χ2v) is 10.1. The third kappa shape index (κ3) is 45.9. The van der Waals surface area contributed by atoms with Gasteiger partial charge in [0.05, 0.1) is 11.9 Å². The van der Waals surface area contributed by atoms with Crippen LogP contribution < -0.4 is 10.2 Å². The van der Waals surface area contributed by atoms with E-state index < -0.39 is 11.9 Å². The summed E-state index contributed by atoms with van der Waals surface area (Å²) in [5.74, 6) is -2.17. The molecule has 0 spiro atoms. The normalized spacial score (nSPS) is 10.9. The number of allylic oxidation sites excluding steroid dienone is 2. The van der Waals surface area contributed by atoms with Gasteiger partial charge in [0.1, 0.15) is 0 Å². The van der Waals surface area contributed by atoms with Gasteiger partial charge in [-0.1, -0.05) is 154 Å². The molecule has 4 nitrogen and oxygen atoms in total. The molecule has 0 aromatic carbocycles. The van der Waals surface area contributed by atoms with Crippen molar-refractivity contribution in [3.63, 3.8) is 0 Å². The number of hydrogen-bond donors (Lipinski definition) is 0. The van der Waals surface area contributed by atoms with Crippen LogP contribution in [0.5, 0.6) is 0 Å². The fraction of sp³-hybridized carbons (Fsp3) is 0.812. The Balaban J connectivity index is -0.000000608. The topological polar surface area (TPSA) is 80.3 Å². The molecule has 5 heteroatoms. The summed E-state index contributed by atoms with van der Waals surface area (Å²) in [6.45, 7) is 4.50. The Hall–Kier alpha value is -0.320. The standard InChI is InChI=1S/2C16H30O2.Ca/c2*1-2-3-4-5-6-7-8-9-10-11-12-13-14-15-16(17)18;/h2*14-15H,2-13H2,1H3,(H,17,18);/q;;+2/p-2. The maximum Gasteiger partial charge on any atom is 2.00 e. The fourth-order valence-electron chi connectivity index (χ4n) is 4.21. The van der Waals surface area contributed by atoms with E-state index in [4.69, 9.17) is 0 Å². The minimum Gasteiger partial charge on any atom is -0.545 e. The Labute approximate surface area is 260 Å². The molecule has 0 rings (SSSR count). The van der Waals surface area contributed by atoms with Gasteiger partial charge in [-0.05, 0) is 37.8 Å². The van der Waals surface area contributed by atoms with Crippen LogP contribution in [0.2, 0.25) is 0 Å². The molecule has 0 fully saturated rings. The number of rotatable bonds is 26. The first-order valence-corrected chi connectivity index (χ1v) is 15.3. The van der Waals surface area contributed by atoms with Gasteiger partial charge in [0.25, 0.3) is 0 Å². The van der Waals surface area contributed by atoms with E-state index in [1.807, 2.05) is 0 Å². The Morgan fingerprint density at radius 3 is 0.865 bits per heavy atom. The first-order valence-electron chi connectivity index (χ1n) is 15.3. The van der Waals surface area contributed by atoms with E-state index >= 15 is 0 Å². The number of carbonyl (C=O) groups is 2. The van der Waals surface area contributed by atoms with Crippen molar-refractivity contribution >= 4 is 49.7 Å². The smallest absolute Gasteiger partial charge is 0.545 e. The largest absolute Gasteiger partial charge is 2.00 e. The molecule has 0 unspecified atom stereocenters. The Bertz CT molecular complexity index is 471. The van der Waals surface area contributed by atoms with Crippen molar-refractivity contribution in [3.8, 4) is 0 Å². The number of unbranched alkanes of at least 4 members (excludes halogenated alkanes) is 22. The van der Waals surface area contributed by atoms with Gasteiger partial charge >= 0.3 is 37.7 Å². The number of carbonyl (C=O) groups excluding carboxylic acids is 2. The van der Waals surface area contributed by atoms with Gasteiger partial charge in [0.15, 0.2) is 0 Å². The molecular formula is C32H58CaO4. The molecule has 0 radical (unpaired) electrons. The van der Waals surface area contributed by atoms with E-state index in [-0.39, 0.29) is 37.7 Å². The summed E-state index contributed by atoms with van der Waals surface area (Å²) < 4.78 is 0. The van der Waals surface area contributed by atoms with E-state index in [2.05, 4.69) is 13.8 Å². The van der Waals surface area contributed by atoms with Crippen LogP contribution in [-0.2, 0) is 9.59 Å². The van der Waals surface area contributed by atoms with Crippen LogP contribution in [0.25, 0.3) is 0 Å². The van der Waals surface area contributed by atoms with E-state index in [9.17, 15) is 19.8 Å². The first-order chi connectivity index (χ1) is 17.5. The zero-order chi connectivity index (χ0) is 27.0. The molecule has 0 aromatic heterocycles. The Morgan fingerprint density at radius 2 is 0.649 bits per heavy atom. The summed E-state index contributed by atoms with van der Waals surface area (Å²) in [5, 5.41) is 20.2. The summed E-state index contributed by atoms with van der Waals surface area (Å²) >= 11 is 0. The third-order valence-electron chi connectivity index (χ3n) is 6.46. The molecule has 0 atom stereocenters. The van der Waals surface area contributed by atoms with Crippen LogP contribution in [0.4, 0.5) is 0 Å². The molecule has 0 amide bonds. The monoisotopic (exact) mass is 546 g/mol. The Kier molecular flexibility index (Phi) is 42.1. The Morgan fingerprint density at radius 1 is 0.432 bits per heavy atom. The summed E-state index contributed by atoms with van der Waals surface area (Å²) in [7, 11) is 0. The summed E-state index contributed by atoms with van der Waals surface area (Å²) in [4.78, 5) is 20.2. The van der Waals surface area contributed by atoms with Crippen LogP contribution in [0.3, 0.4) is 0 Å². The molecule has 0 heterocycles. The summed E-state index contributed by atoms with van der Waals surface area (Å²) in [5.41, 5.74) is 0. The predicted molar refractivity (Wildman–Crippen MR) is 156 cm³/mol. The average Bonchev–Trinajstić information content (AvgIpc) is 2.85. The van der Waals surface area contributed by atoms with E-state index in [0.29, 0.717) is 0 Å². The van der Waals surface area contributed by atoms with Crippen molar-refractivity contribution < 1.29 is 19.8 Å². The molecule has 0 aliphatic carbocycles. The van der Waals surface area contributed by atoms with Crippen LogP contribution in [0.1, 0.15) is 168 Å². The molecule has 0 saturated carbocycles. The van der Waals surface area contributed by atoms with Crippen LogP contribution in [0, 0.1) is 0 Å². The second kappa shape index (κ2) is 37.8. The van der Waals surface area contributed by atoms with Gasteiger partial charge in [0.2, 0.25) is 0 Å². The minimum atomic E-state index is -1.09. The number of hydrogen-bond acceptors (Lipinski definition) is 4. The summed E-state index contributed by atoms with van der Waals surface area (Å²) in [6.07, 6.45) is 36.6. The van der Waals surface area contributed by atoms with Gasteiger partial charge in [-0.25, -0.2) is 0 Å². The van der Waals surface area contributed by atoms with Crippen LogP contribution >= 0.6 is 0 Å². The molecule has 0 bridgehead atoms. The van der Waals surface area contributed by atoms with E-state index in [1.54, 1.807) is 12.2 Å². The first kappa shape index (κ1) is 41.2. The van der Waals surface area contributed by atoms with Gasteiger partial charge in [-0.2, -0.15) is 0 Å². The average molecular weight is 547 g/mol. The van der Waals surface area contributed by atoms with Gasteiger partial charge in [0, 0.05) is 0 Å². The van der Waals surface area contributed by atoms with E-state index in [1.165, 1.54) is 128 Å². The maximum atomic E-state index is 10.1. The van der Waals surface area contributed by atoms with Gasteiger partial charge in [-0.15, -0.1) is 0 Å². The van der Waals surface area contributed by atoms with Crippen molar-refractivity contribution in [3.05, 3.63) is 24.3 Å². The van der Waals surface area contributed by atoms with Gasteiger partial charge < -0.3 is 19.8 Å². The number of carboxylic acids is 2. The fourth-order valence-corrected chi connectivity index (χ4v) is 4.21. The zero-order valence-electron chi connectivity index (χ0n) is 24.6. The zero-order valence-corrected chi connectivity index (χ0v) is 26.8. The van der Waals surface area contributed by atoms with Crippen molar-refractivity contribution in [2.45, 2.75) is 168 Å². The third-order valence-corrected chi connectivity index (χ3v) is 6.46. The molecule has 37 heavy (non-hydrogen) atoms. The molecular weight excluding hydrogens is 488 g/mol. The van der Waals surface area contributed by atoms with E-state index in [0.717, 1.165) is 37.8 Å². The van der Waals surface area contributed by atoms with Gasteiger partial charge in [-0.3, -0.25) is 0 Å². The number of aliphatic carboxylic acids is 2. The quantitative estimate of drug-likeness (QED) is 0.0635. The molecule has 0 N–H and O–H groups in total. The summed E-state index contributed by atoms with van der Waals surface area (Å²) in [6, 6.07) is 0. The second-order valence-electron chi connectivity index (χ2n) is 10.1. The van der Waals surface area contributed by atoms with Crippen molar-refractivity contribution in [2.75, 3.05) is 0 Å². The predicted octanol–water partition coefficient (Wildman–Crippen LogP) is 7.61. The minimum absolute atomic E-state index is 0. The van der Waals surface area contributed by atoms with Crippen LogP contribution in [-0.4, -0.2) is 49.7 Å². The van der Waals surface area contributed by atoms with Crippen LogP contribution in [0.15, 0.2) is 24.3 Å². The van der Waals surface area contributed by atoms with Crippen molar-refractivity contribution in [1.82, 2.24) is 0 Å². The molecule has 212 valence electrons. The molecule has 0 aliphatic rings. The molecule has 0 aliphatic heterocycles. The molecule has 0 saturated heterocycles. The molecule has 0 aromatic rings. The van der Waals surface area contributed by atoms with Crippen molar-refractivity contribution in [2.24, 2.45) is 0 Å². The maximum absolute atomic E-state index is 10.1. The van der Waals surface area contributed by atoms with Crippen molar-refractivity contribution in [1.29, 1.82) is 0 Å². The SMILES string of the molecule is CCCCCCCCCCCCCC=CC(=O)[O-].CCCCCCCCCCCCCC=CC(=O)[O-].[Ca+2].